The van der Waals surface area contributed by atoms with Gasteiger partial charge >= 0.3 is 99.8 Å². The van der Waals surface area contributed by atoms with Crippen molar-refractivity contribution in [3.8, 4) is 0 Å². The molecule has 0 N–H and O–H groups in total. The van der Waals surface area contributed by atoms with Crippen molar-refractivity contribution >= 4 is 81.1 Å². The predicted octanol–water partition coefficient (Wildman–Crippen LogP) is -3.77. The third kappa shape index (κ3) is 16.8. The van der Waals surface area contributed by atoms with E-state index >= 15 is 0 Å². The van der Waals surface area contributed by atoms with E-state index in [1.54, 1.807) is 36.8 Å². The first-order valence-corrected chi connectivity index (χ1v) is 31.8. The Morgan fingerprint density at radius 2 is 0.677 bits per heavy atom. The average molecular weight is 1370 g/mol. The van der Waals surface area contributed by atoms with Gasteiger partial charge in [0.05, 0.1) is 14.7 Å². The number of aromatic nitrogens is 6. The third-order valence-corrected chi connectivity index (χ3v) is 22.2. The summed E-state index contributed by atoms with van der Waals surface area (Å²) in [6, 6.07) is 23.9. The van der Waals surface area contributed by atoms with Crippen molar-refractivity contribution in [2.24, 2.45) is 0 Å². The largest absolute Gasteiger partial charge is 1.00 e. The Balaban J connectivity index is 0.000000288. The number of carboxylic acid groups (broad SMARTS) is 3. The Bertz CT molecular complexity index is 4040. The van der Waals surface area contributed by atoms with E-state index in [0.29, 0.717) is 91.8 Å². The second-order valence-corrected chi connectivity index (χ2v) is 27.4. The Hall–Kier alpha value is -5.11. The van der Waals surface area contributed by atoms with Gasteiger partial charge in [-0.05, 0) is 164 Å². The normalized spacial score (nSPS) is 15.8. The zero-order valence-corrected chi connectivity index (χ0v) is 57.7. The van der Waals surface area contributed by atoms with E-state index in [2.05, 4.69) is 15.0 Å². The molecule has 12 rings (SSSR count). The number of pyridine rings is 3. The number of aliphatic carboxylic acids is 3. The fourth-order valence-corrected chi connectivity index (χ4v) is 16.1. The van der Waals surface area contributed by atoms with Crippen molar-refractivity contribution in [3.05, 3.63) is 179 Å². The molecule has 0 amide bonds. The van der Waals surface area contributed by atoms with Crippen molar-refractivity contribution in [1.82, 2.24) is 41.6 Å². The minimum absolute atomic E-state index is 0. The summed E-state index contributed by atoms with van der Waals surface area (Å²) in [5, 5.41) is 35.9. The monoisotopic (exact) mass is 1370 g/mol. The van der Waals surface area contributed by atoms with Gasteiger partial charge in [-0.15, -0.1) is 0 Å². The van der Waals surface area contributed by atoms with Crippen LogP contribution in [0.1, 0.15) is 75.3 Å². The fraction of sp³-hybridized carbons (Fsp3) is 0.333. The van der Waals surface area contributed by atoms with Crippen LogP contribution < -0.4 is 115 Å². The minimum atomic E-state index is -3.79. The van der Waals surface area contributed by atoms with Crippen molar-refractivity contribution < 1.29 is 168 Å². The molecule has 9 aromatic rings. The maximum atomic E-state index is 13.2. The molecule has 0 saturated carbocycles. The van der Waals surface area contributed by atoms with E-state index in [4.69, 9.17) is 0 Å². The second-order valence-electron chi connectivity index (χ2n) is 21.4. The number of hydrogen-bond acceptors (Lipinski definition) is 15. The Morgan fingerprint density at radius 1 is 0.452 bits per heavy atom. The summed E-state index contributed by atoms with van der Waals surface area (Å²) in [7, 11) is -6.86. The van der Waals surface area contributed by atoms with Crippen LogP contribution in [0.3, 0.4) is 0 Å². The maximum Gasteiger partial charge on any atom is 1.00 e. The summed E-state index contributed by atoms with van der Waals surface area (Å²) in [6.07, 6.45) is 7.42. The van der Waals surface area contributed by atoms with Crippen molar-refractivity contribution in [2.45, 2.75) is 133 Å². The number of carbonyl (C=O) groups is 3. The summed E-state index contributed by atoms with van der Waals surface area (Å²) >= 11 is 0. The van der Waals surface area contributed by atoms with Gasteiger partial charge in [0.1, 0.15) is 34.4 Å². The summed E-state index contributed by atoms with van der Waals surface area (Å²) in [4.78, 5) is 46.9. The molecule has 0 bridgehead atoms. The SMILES string of the molecule is C.C.C.CN([C@@H]1CCc2c(CC(=O)[O-])c3cccnc3n2C1)S(=O)(=O)c1ccc(F)cc1.CN([C@@H]1CCc2c(CC(=O)[O-])c3cccnc3n2C1)S(=O)(=O)c1ccc(F)cc1.CN([C@@H]1CCc2c(CC(=O)[O-])c3cccnc3n2C1)S(=O)(=O)c1ccc(F)cc1.[K+].[Li+].[Na+]. The maximum absolute atomic E-state index is 13.2. The molecule has 480 valence electrons. The average Bonchev–Trinajstić information content (AvgIpc) is 1.64. The van der Waals surface area contributed by atoms with Crippen LogP contribution in [0, 0.1) is 17.5 Å². The van der Waals surface area contributed by atoms with E-state index in [0.717, 1.165) is 69.6 Å². The summed E-state index contributed by atoms with van der Waals surface area (Å²) in [6.45, 7) is 1.06. The van der Waals surface area contributed by atoms with E-state index in [9.17, 15) is 68.1 Å². The number of halogens is 3. The van der Waals surface area contributed by atoms with Crippen LogP contribution in [0.4, 0.5) is 13.2 Å². The topological polar surface area (TPSA) is 286 Å². The van der Waals surface area contributed by atoms with E-state index < -0.39 is 65.4 Å². The van der Waals surface area contributed by atoms with Gasteiger partial charge in [0, 0.05) is 148 Å². The van der Waals surface area contributed by atoms with Crippen LogP contribution in [0.2, 0.25) is 0 Å². The smallest absolute Gasteiger partial charge is 0.550 e. The zero-order valence-electron chi connectivity index (χ0n) is 50.1. The molecular weight excluding hydrogens is 1300 g/mol. The quantitative estimate of drug-likeness (QED) is 0.0891. The zero-order chi connectivity index (χ0) is 62.3. The molecule has 3 aromatic carbocycles. The number of fused-ring (bicyclic) bond motifs is 9. The second kappa shape index (κ2) is 33.2. The van der Waals surface area contributed by atoms with Crippen LogP contribution in [0.25, 0.3) is 33.1 Å². The molecule has 0 aliphatic carbocycles. The number of benzene rings is 3. The first-order chi connectivity index (χ1) is 41.4. The fourth-order valence-electron chi connectivity index (χ4n) is 12.0. The van der Waals surface area contributed by atoms with E-state index in [1.165, 1.54) is 70.5 Å². The van der Waals surface area contributed by atoms with Gasteiger partial charge in [-0.25, -0.2) is 53.4 Å². The molecule has 0 unspecified atom stereocenters. The molecule has 0 saturated heterocycles. The first-order valence-electron chi connectivity index (χ1n) is 27.5. The van der Waals surface area contributed by atoms with Gasteiger partial charge in [0.25, 0.3) is 0 Å². The minimum Gasteiger partial charge on any atom is -0.550 e. The molecule has 93 heavy (non-hydrogen) atoms. The molecule has 30 heteroatoms. The van der Waals surface area contributed by atoms with Crippen LogP contribution in [0.15, 0.2) is 142 Å². The van der Waals surface area contributed by atoms with Crippen molar-refractivity contribution in [3.63, 3.8) is 0 Å². The molecule has 3 aliphatic heterocycles. The van der Waals surface area contributed by atoms with E-state index in [1.807, 2.05) is 31.9 Å². The van der Waals surface area contributed by atoms with Crippen LogP contribution >= 0.6 is 0 Å². The Labute approximate surface area is 616 Å². The van der Waals surface area contributed by atoms with Gasteiger partial charge in [0.2, 0.25) is 30.1 Å². The van der Waals surface area contributed by atoms with Gasteiger partial charge in [-0.3, -0.25) is 0 Å². The van der Waals surface area contributed by atoms with Crippen molar-refractivity contribution in [1.29, 1.82) is 0 Å². The Kier molecular flexibility index (Phi) is 28.7. The van der Waals surface area contributed by atoms with Gasteiger partial charge in [-0.1, -0.05) is 22.3 Å². The first kappa shape index (κ1) is 80.3. The summed E-state index contributed by atoms with van der Waals surface area (Å²) in [5.74, 6) is -5.00. The molecule has 3 aliphatic rings. The molecule has 0 fully saturated rings. The number of nitrogens with zero attached hydrogens (tertiary/aromatic N) is 9. The number of hydrogen-bond donors (Lipinski definition) is 0. The van der Waals surface area contributed by atoms with E-state index in [-0.39, 0.29) is 174 Å². The molecule has 6 aromatic heterocycles. The van der Waals surface area contributed by atoms with Gasteiger partial charge in [0.15, 0.2) is 0 Å². The molecular formula is C63H69F3KLiN9NaO12S3. The van der Waals surface area contributed by atoms with Crippen LogP contribution in [0.5, 0.6) is 0 Å². The number of rotatable bonds is 15. The number of likely N-dealkylation sites (N-methyl/N-ethyl adjacent to an activating group) is 3. The van der Waals surface area contributed by atoms with Crippen molar-refractivity contribution in [2.75, 3.05) is 21.1 Å². The summed E-state index contributed by atoms with van der Waals surface area (Å²) < 4.78 is 127. The van der Waals surface area contributed by atoms with Crippen LogP contribution in [-0.4, -0.2) is 124 Å². The summed E-state index contributed by atoms with van der Waals surface area (Å²) in [5.41, 5.74) is 6.50. The molecule has 21 nitrogen and oxygen atoms in total. The standard InChI is InChI=1S/3C20H20FN3O4S.3CH4.K.Li.Na/c3*1-23(29(27,28)15-7-4-13(21)5-8-15)14-6-9-18-17(11-19(25)26)16-3-2-10-22-20(16)24(18)12-14;;;;;;/h3*2-5,7-8,10,14H,6,9,11-12H2,1H3,(H,25,26);3*1H4;;;/q;;;;;;3*+1/p-3/t3*14-;;;;;;/m111....../s1. The molecule has 0 spiro atoms. The third-order valence-electron chi connectivity index (χ3n) is 16.4. The molecule has 0 radical (unpaired) electrons. The number of carboxylic acids is 3. The number of sulfonamides is 3. The molecule has 9 heterocycles. The van der Waals surface area contributed by atoms with Crippen LogP contribution in [-0.2, 0) is 103 Å². The van der Waals surface area contributed by atoms with Gasteiger partial charge < -0.3 is 43.4 Å². The predicted molar refractivity (Wildman–Crippen MR) is 326 cm³/mol. The Morgan fingerprint density at radius 3 is 0.892 bits per heavy atom. The number of carbonyl (C=O) groups excluding carboxylic acids is 3. The van der Waals surface area contributed by atoms with Gasteiger partial charge in [-0.2, -0.15) is 12.9 Å². The molecule has 3 atom stereocenters.